The lowest BCUT2D eigenvalue weighted by Gasteiger charge is -2.32. The van der Waals surface area contributed by atoms with Crippen LogP contribution in [-0.4, -0.2) is 44.8 Å². The lowest BCUT2D eigenvalue weighted by Crippen LogP contribution is -2.40. The highest BCUT2D eigenvalue weighted by molar-refractivity contribution is 5.95. The lowest BCUT2D eigenvalue weighted by molar-refractivity contribution is -0.139. The summed E-state index contributed by atoms with van der Waals surface area (Å²) in [4.78, 5) is 25.8. The number of nitrogens with zero attached hydrogens (tertiary/aromatic N) is 3. The van der Waals surface area contributed by atoms with Gasteiger partial charge in [0.15, 0.2) is 0 Å². The molecule has 1 aromatic rings. The van der Waals surface area contributed by atoms with Crippen LogP contribution in [0.4, 0.5) is 0 Å². The molecule has 2 aliphatic rings. The Balaban J connectivity index is 1.67. The van der Waals surface area contributed by atoms with Gasteiger partial charge in [0, 0.05) is 18.8 Å². The van der Waals surface area contributed by atoms with Crippen LogP contribution in [0.5, 0.6) is 0 Å². The molecule has 132 valence electrons. The van der Waals surface area contributed by atoms with Gasteiger partial charge in [-0.3, -0.25) is 14.3 Å². The second-order valence-electron chi connectivity index (χ2n) is 7.31. The molecule has 0 radical (unpaired) electrons. The van der Waals surface area contributed by atoms with Crippen molar-refractivity contribution in [2.45, 2.75) is 58.9 Å². The second-order valence-corrected chi connectivity index (χ2v) is 7.31. The highest BCUT2D eigenvalue weighted by Crippen LogP contribution is 2.59. The van der Waals surface area contributed by atoms with Crippen LogP contribution in [0.25, 0.3) is 0 Å². The number of rotatable bonds is 5. The second kappa shape index (κ2) is 6.22. The van der Waals surface area contributed by atoms with Gasteiger partial charge in [0.25, 0.3) is 5.91 Å². The fraction of sp³-hybridized carbons (Fsp3) is 0.722. The Labute approximate surface area is 142 Å². The van der Waals surface area contributed by atoms with Crippen molar-refractivity contribution < 1.29 is 14.7 Å². The van der Waals surface area contributed by atoms with E-state index in [0.717, 1.165) is 37.8 Å². The van der Waals surface area contributed by atoms with Crippen LogP contribution < -0.4 is 0 Å². The van der Waals surface area contributed by atoms with Crippen LogP contribution in [-0.2, 0) is 4.79 Å². The van der Waals surface area contributed by atoms with E-state index >= 15 is 0 Å². The fourth-order valence-electron chi connectivity index (χ4n) is 4.21. The summed E-state index contributed by atoms with van der Waals surface area (Å²) in [5, 5.41) is 13.6. The van der Waals surface area contributed by atoms with Gasteiger partial charge >= 0.3 is 5.97 Å². The van der Waals surface area contributed by atoms with Gasteiger partial charge in [0.1, 0.15) is 0 Å². The van der Waals surface area contributed by atoms with Gasteiger partial charge in [-0.15, -0.1) is 0 Å². The number of carbonyl (C=O) groups is 2. The molecule has 1 spiro atoms. The van der Waals surface area contributed by atoms with E-state index in [2.05, 4.69) is 18.9 Å². The molecule has 3 rings (SSSR count). The van der Waals surface area contributed by atoms with Crippen molar-refractivity contribution in [2.75, 3.05) is 13.1 Å². The number of carboxylic acids is 1. The SMILES string of the molecule is CCC(CC)n1ncc(C(=O)N2CCC3(CC2)CC3C(=O)O)c1C. The summed E-state index contributed by atoms with van der Waals surface area (Å²) in [5.41, 5.74) is 1.57. The van der Waals surface area contributed by atoms with Gasteiger partial charge in [-0.25, -0.2) is 0 Å². The van der Waals surface area contributed by atoms with Crippen LogP contribution in [0.3, 0.4) is 0 Å². The average Bonchev–Trinajstić information content (AvgIpc) is 3.15. The summed E-state index contributed by atoms with van der Waals surface area (Å²) >= 11 is 0. The van der Waals surface area contributed by atoms with Crippen LogP contribution in [0.2, 0.25) is 0 Å². The van der Waals surface area contributed by atoms with E-state index in [-0.39, 0.29) is 17.2 Å². The van der Waals surface area contributed by atoms with E-state index < -0.39 is 5.97 Å². The van der Waals surface area contributed by atoms with Gasteiger partial charge in [0.05, 0.1) is 23.7 Å². The molecular weight excluding hydrogens is 306 g/mol. The number of carboxylic acid groups (broad SMARTS) is 1. The first-order valence-corrected chi connectivity index (χ1v) is 8.99. The smallest absolute Gasteiger partial charge is 0.307 e. The topological polar surface area (TPSA) is 75.4 Å². The number of piperidine rings is 1. The first-order valence-electron chi connectivity index (χ1n) is 8.99. The van der Waals surface area contributed by atoms with E-state index in [1.807, 2.05) is 16.5 Å². The van der Waals surface area contributed by atoms with E-state index in [0.29, 0.717) is 24.7 Å². The van der Waals surface area contributed by atoms with Gasteiger partial charge in [0.2, 0.25) is 0 Å². The first-order chi connectivity index (χ1) is 11.4. The Hall–Kier alpha value is -1.85. The molecule has 1 N–H and O–H groups in total. The van der Waals surface area contributed by atoms with Gasteiger partial charge in [-0.2, -0.15) is 5.10 Å². The lowest BCUT2D eigenvalue weighted by atomic mass is 9.90. The van der Waals surface area contributed by atoms with E-state index in [1.165, 1.54) is 0 Å². The Morgan fingerprint density at radius 1 is 1.33 bits per heavy atom. The van der Waals surface area contributed by atoms with Crippen LogP contribution in [0, 0.1) is 18.3 Å². The number of likely N-dealkylation sites (tertiary alicyclic amines) is 1. The van der Waals surface area contributed by atoms with Gasteiger partial charge in [-0.1, -0.05) is 13.8 Å². The normalized spacial score (nSPS) is 22.2. The van der Waals surface area contributed by atoms with Crippen molar-refractivity contribution in [1.29, 1.82) is 0 Å². The molecule has 2 heterocycles. The predicted molar refractivity (Wildman–Crippen MR) is 89.9 cm³/mol. The van der Waals surface area contributed by atoms with Gasteiger partial charge in [-0.05, 0) is 44.4 Å². The monoisotopic (exact) mass is 333 g/mol. The number of amides is 1. The van der Waals surface area contributed by atoms with E-state index in [9.17, 15) is 14.7 Å². The number of carbonyl (C=O) groups excluding carboxylic acids is 1. The van der Waals surface area contributed by atoms with E-state index in [1.54, 1.807) is 6.20 Å². The predicted octanol–water partition coefficient (Wildman–Crippen LogP) is 2.88. The summed E-state index contributed by atoms with van der Waals surface area (Å²) < 4.78 is 1.97. The molecule has 1 aromatic heterocycles. The van der Waals surface area contributed by atoms with Crippen molar-refractivity contribution in [3.8, 4) is 0 Å². The summed E-state index contributed by atoms with van der Waals surface area (Å²) in [7, 11) is 0. The van der Waals surface area contributed by atoms with Crippen molar-refractivity contribution in [3.05, 3.63) is 17.5 Å². The number of aromatic nitrogens is 2. The van der Waals surface area contributed by atoms with Crippen molar-refractivity contribution in [1.82, 2.24) is 14.7 Å². The molecule has 1 saturated carbocycles. The molecule has 2 fully saturated rings. The quantitative estimate of drug-likeness (QED) is 0.899. The molecule has 1 aliphatic heterocycles. The van der Waals surface area contributed by atoms with Crippen molar-refractivity contribution in [3.63, 3.8) is 0 Å². The third kappa shape index (κ3) is 2.72. The maximum atomic E-state index is 12.8. The number of aliphatic carboxylic acids is 1. The zero-order valence-electron chi connectivity index (χ0n) is 14.8. The van der Waals surface area contributed by atoms with Crippen molar-refractivity contribution >= 4 is 11.9 Å². The largest absolute Gasteiger partial charge is 0.481 e. The molecule has 1 atom stereocenters. The number of hydrogen-bond donors (Lipinski definition) is 1. The summed E-state index contributed by atoms with van der Waals surface area (Å²) in [6.45, 7) is 7.53. The van der Waals surface area contributed by atoms with Gasteiger partial charge < -0.3 is 10.0 Å². The standard InChI is InChI=1S/C18H27N3O3/c1-4-13(5-2)21-12(3)14(11-19-21)16(22)20-8-6-18(7-9-20)10-15(18)17(23)24/h11,13,15H,4-10H2,1-3H3,(H,23,24). The van der Waals surface area contributed by atoms with Crippen LogP contribution in [0.1, 0.15) is 68.0 Å². The molecule has 1 saturated heterocycles. The molecule has 6 heteroatoms. The van der Waals surface area contributed by atoms with Crippen LogP contribution in [0.15, 0.2) is 6.20 Å². The molecule has 1 amide bonds. The minimum absolute atomic E-state index is 0.0343. The molecule has 1 aliphatic carbocycles. The highest BCUT2D eigenvalue weighted by atomic mass is 16.4. The minimum atomic E-state index is -0.683. The molecule has 24 heavy (non-hydrogen) atoms. The zero-order chi connectivity index (χ0) is 17.5. The molecule has 0 aromatic carbocycles. The zero-order valence-corrected chi connectivity index (χ0v) is 14.8. The number of hydrogen-bond acceptors (Lipinski definition) is 3. The Morgan fingerprint density at radius 3 is 2.46 bits per heavy atom. The maximum absolute atomic E-state index is 12.8. The Morgan fingerprint density at radius 2 is 1.96 bits per heavy atom. The van der Waals surface area contributed by atoms with E-state index in [4.69, 9.17) is 0 Å². The summed E-state index contributed by atoms with van der Waals surface area (Å²) in [6, 6.07) is 0.332. The van der Waals surface area contributed by atoms with Crippen molar-refractivity contribution in [2.24, 2.45) is 11.3 Å². The fourth-order valence-corrected chi connectivity index (χ4v) is 4.21. The average molecular weight is 333 g/mol. The third-order valence-corrected chi connectivity index (χ3v) is 6.10. The maximum Gasteiger partial charge on any atom is 0.307 e. The first kappa shape index (κ1) is 17.0. The Bertz CT molecular complexity index is 640. The Kier molecular flexibility index (Phi) is 4.40. The summed E-state index contributed by atoms with van der Waals surface area (Å²) in [5.74, 6) is -0.849. The molecular formula is C18H27N3O3. The van der Waals surface area contributed by atoms with Crippen LogP contribution >= 0.6 is 0 Å². The molecule has 0 bridgehead atoms. The molecule has 6 nitrogen and oxygen atoms in total. The highest BCUT2D eigenvalue weighted by Gasteiger charge is 2.59. The summed E-state index contributed by atoms with van der Waals surface area (Å²) in [6.07, 6.45) is 6.06. The minimum Gasteiger partial charge on any atom is -0.481 e. The third-order valence-electron chi connectivity index (χ3n) is 6.10. The molecule has 1 unspecified atom stereocenters.